The Balaban J connectivity index is 3.86. The lowest BCUT2D eigenvalue weighted by Crippen LogP contribution is -2.37. The maximum Gasteiger partial charge on any atom is 0.407 e. The highest BCUT2D eigenvalue weighted by Gasteiger charge is 2.22. The zero-order valence-electron chi connectivity index (χ0n) is 13.7. The minimum Gasteiger partial charge on any atom is -0.460 e. The van der Waals surface area contributed by atoms with Gasteiger partial charge in [0.15, 0.2) is 0 Å². The molecule has 0 atom stereocenters. The molecule has 0 aliphatic carbocycles. The van der Waals surface area contributed by atoms with Gasteiger partial charge in [0.25, 0.3) is 0 Å². The maximum absolute atomic E-state index is 11.6. The molecule has 0 aromatic heterocycles. The van der Waals surface area contributed by atoms with Crippen molar-refractivity contribution < 1.29 is 23.8 Å². The molecular weight excluding hydrogens is 274 g/mol. The minimum atomic E-state index is -0.618. The lowest BCUT2D eigenvalue weighted by molar-refractivity contribution is -0.138. The normalized spacial score (nSPS) is 11.1. The molecule has 6 heteroatoms. The van der Waals surface area contributed by atoms with Crippen molar-refractivity contribution in [2.24, 2.45) is 0 Å². The molecule has 0 rings (SSSR count). The van der Waals surface area contributed by atoms with Gasteiger partial charge in [0, 0.05) is 12.0 Å². The Bertz CT molecular complexity index is 363. The van der Waals surface area contributed by atoms with E-state index in [1.165, 1.54) is 0 Å². The van der Waals surface area contributed by atoms with Gasteiger partial charge in [-0.3, -0.25) is 0 Å². The van der Waals surface area contributed by atoms with E-state index in [0.717, 1.165) is 0 Å². The van der Waals surface area contributed by atoms with Crippen LogP contribution in [0.4, 0.5) is 4.79 Å². The van der Waals surface area contributed by atoms with E-state index in [1.807, 2.05) is 27.7 Å². The molecule has 21 heavy (non-hydrogen) atoms. The zero-order chi connectivity index (χ0) is 16.5. The first-order valence-electron chi connectivity index (χ1n) is 7.05. The van der Waals surface area contributed by atoms with E-state index in [2.05, 4.69) is 11.9 Å². The Morgan fingerprint density at radius 2 is 1.86 bits per heavy atom. The largest absolute Gasteiger partial charge is 0.460 e. The van der Waals surface area contributed by atoms with Crippen LogP contribution in [-0.2, 0) is 19.0 Å². The number of nitrogens with one attached hydrogen (secondary N) is 1. The predicted molar refractivity (Wildman–Crippen MR) is 80.0 cm³/mol. The molecular formula is C15H27NO5. The van der Waals surface area contributed by atoms with E-state index < -0.39 is 17.7 Å². The summed E-state index contributed by atoms with van der Waals surface area (Å²) in [5, 5.41) is 2.52. The molecule has 0 saturated heterocycles. The number of ether oxygens (including phenoxy) is 3. The van der Waals surface area contributed by atoms with Crippen molar-refractivity contribution in [2.45, 2.75) is 52.7 Å². The van der Waals surface area contributed by atoms with Crippen LogP contribution in [0, 0.1) is 0 Å². The summed E-state index contributed by atoms with van der Waals surface area (Å²) in [6.07, 6.45) is 0.206. The van der Waals surface area contributed by atoms with Gasteiger partial charge in [0.1, 0.15) is 12.2 Å². The van der Waals surface area contributed by atoms with Crippen LogP contribution in [0.2, 0.25) is 0 Å². The van der Waals surface area contributed by atoms with Gasteiger partial charge < -0.3 is 19.5 Å². The Morgan fingerprint density at radius 1 is 1.24 bits per heavy atom. The first-order chi connectivity index (χ1) is 9.64. The molecule has 0 spiro atoms. The molecule has 122 valence electrons. The van der Waals surface area contributed by atoms with Gasteiger partial charge in [-0.2, -0.15) is 0 Å². The van der Waals surface area contributed by atoms with Gasteiger partial charge in [-0.1, -0.05) is 6.58 Å². The van der Waals surface area contributed by atoms with Gasteiger partial charge in [-0.25, -0.2) is 9.59 Å². The molecule has 1 N–H and O–H groups in total. The average Bonchev–Trinajstić information content (AvgIpc) is 2.32. The van der Waals surface area contributed by atoms with Crippen molar-refractivity contribution in [2.75, 3.05) is 19.8 Å². The average molecular weight is 301 g/mol. The third kappa shape index (κ3) is 10.8. The van der Waals surface area contributed by atoms with Gasteiger partial charge in [0.2, 0.25) is 0 Å². The summed E-state index contributed by atoms with van der Waals surface area (Å²) in [5.74, 6) is -0.476. The van der Waals surface area contributed by atoms with Crippen molar-refractivity contribution in [3.8, 4) is 0 Å². The first-order valence-corrected chi connectivity index (χ1v) is 7.05. The monoisotopic (exact) mass is 301 g/mol. The number of hydrogen-bond donors (Lipinski definition) is 1. The molecule has 0 unspecified atom stereocenters. The van der Waals surface area contributed by atoms with Crippen molar-refractivity contribution >= 4 is 12.1 Å². The Morgan fingerprint density at radius 3 is 2.38 bits per heavy atom. The van der Waals surface area contributed by atoms with E-state index in [1.54, 1.807) is 6.92 Å². The molecule has 0 aromatic rings. The highest BCUT2D eigenvalue weighted by molar-refractivity contribution is 5.86. The van der Waals surface area contributed by atoms with Crippen LogP contribution in [0.15, 0.2) is 12.2 Å². The van der Waals surface area contributed by atoms with Gasteiger partial charge >= 0.3 is 12.1 Å². The summed E-state index contributed by atoms with van der Waals surface area (Å²) in [4.78, 5) is 22.7. The number of carbonyl (C=O) groups is 2. The second kappa shape index (κ2) is 9.39. The highest BCUT2D eigenvalue weighted by atomic mass is 16.6. The van der Waals surface area contributed by atoms with Gasteiger partial charge in [-0.15, -0.1) is 0 Å². The Hall–Kier alpha value is -1.56. The lowest BCUT2D eigenvalue weighted by atomic mass is 10.1. The summed E-state index contributed by atoms with van der Waals surface area (Å²) in [7, 11) is 0. The molecule has 0 aliphatic rings. The molecule has 0 saturated carbocycles. The quantitative estimate of drug-likeness (QED) is 0.402. The van der Waals surface area contributed by atoms with Crippen LogP contribution in [0.5, 0.6) is 0 Å². The second-order valence-corrected chi connectivity index (χ2v) is 5.66. The minimum absolute atomic E-state index is 0.0810. The van der Waals surface area contributed by atoms with Crippen LogP contribution in [-0.4, -0.2) is 43.5 Å². The zero-order valence-corrected chi connectivity index (χ0v) is 13.7. The van der Waals surface area contributed by atoms with E-state index >= 15 is 0 Å². The van der Waals surface area contributed by atoms with E-state index in [4.69, 9.17) is 14.2 Å². The number of rotatable bonds is 9. The Kier molecular flexibility index (Phi) is 8.69. The van der Waals surface area contributed by atoms with Crippen LogP contribution < -0.4 is 5.32 Å². The van der Waals surface area contributed by atoms with E-state index in [0.29, 0.717) is 18.6 Å². The van der Waals surface area contributed by atoms with E-state index in [9.17, 15) is 9.59 Å². The maximum atomic E-state index is 11.6. The number of amides is 1. The van der Waals surface area contributed by atoms with Crippen molar-refractivity contribution in [1.29, 1.82) is 0 Å². The SMILES string of the molecule is C=C(C)C(=O)OCCNC(=O)OC(C)(C)CCOC(C)C. The van der Waals surface area contributed by atoms with E-state index in [-0.39, 0.29) is 19.3 Å². The smallest absolute Gasteiger partial charge is 0.407 e. The molecule has 0 heterocycles. The predicted octanol–water partition coefficient (Wildman–Crippen LogP) is 2.43. The summed E-state index contributed by atoms with van der Waals surface area (Å²) in [6, 6.07) is 0. The molecule has 0 aliphatic heterocycles. The summed E-state index contributed by atoms with van der Waals surface area (Å²) < 4.78 is 15.6. The van der Waals surface area contributed by atoms with Crippen molar-refractivity contribution in [1.82, 2.24) is 5.32 Å². The molecule has 1 amide bonds. The van der Waals surface area contributed by atoms with Crippen LogP contribution >= 0.6 is 0 Å². The molecule has 6 nitrogen and oxygen atoms in total. The summed E-state index contributed by atoms with van der Waals surface area (Å²) in [6.45, 7) is 13.4. The lowest BCUT2D eigenvalue weighted by Gasteiger charge is -2.25. The summed E-state index contributed by atoms with van der Waals surface area (Å²) in [5.41, 5.74) is -0.295. The number of alkyl carbamates (subject to hydrolysis) is 1. The molecule has 0 bridgehead atoms. The molecule has 0 fully saturated rings. The fourth-order valence-electron chi connectivity index (χ4n) is 1.30. The summed E-state index contributed by atoms with van der Waals surface area (Å²) >= 11 is 0. The molecule has 0 aromatic carbocycles. The first kappa shape index (κ1) is 19.4. The Labute approximate surface area is 126 Å². The fourth-order valence-corrected chi connectivity index (χ4v) is 1.30. The standard InChI is InChI=1S/C15H27NO5/c1-11(2)13(17)20-10-8-16-14(18)21-15(5,6)7-9-19-12(3)4/h12H,1,7-10H2,2-6H3,(H,16,18). The topological polar surface area (TPSA) is 73.9 Å². The van der Waals surface area contributed by atoms with Crippen molar-refractivity contribution in [3.63, 3.8) is 0 Å². The number of hydrogen-bond acceptors (Lipinski definition) is 5. The van der Waals surface area contributed by atoms with Crippen molar-refractivity contribution in [3.05, 3.63) is 12.2 Å². The third-order valence-electron chi connectivity index (χ3n) is 2.48. The number of carbonyl (C=O) groups excluding carboxylic acids is 2. The van der Waals surface area contributed by atoms with Gasteiger partial charge in [-0.05, 0) is 34.6 Å². The fraction of sp³-hybridized carbons (Fsp3) is 0.733. The van der Waals surface area contributed by atoms with Crippen LogP contribution in [0.3, 0.4) is 0 Å². The third-order valence-corrected chi connectivity index (χ3v) is 2.48. The second-order valence-electron chi connectivity index (χ2n) is 5.66. The molecule has 0 radical (unpaired) electrons. The van der Waals surface area contributed by atoms with Gasteiger partial charge in [0.05, 0.1) is 19.3 Å². The highest BCUT2D eigenvalue weighted by Crippen LogP contribution is 2.15. The van der Waals surface area contributed by atoms with Crippen LogP contribution in [0.1, 0.15) is 41.0 Å². The van der Waals surface area contributed by atoms with Crippen LogP contribution in [0.25, 0.3) is 0 Å². The number of esters is 1.